The molecule has 2 bridgehead atoms. The maximum absolute atomic E-state index is 13.1. The van der Waals surface area contributed by atoms with Gasteiger partial charge >= 0.3 is 5.97 Å². The second-order valence-electron chi connectivity index (χ2n) is 14.0. The molecule has 0 amide bonds. The number of ether oxygens (including phenoxy) is 1. The van der Waals surface area contributed by atoms with Crippen LogP contribution in [-0.4, -0.2) is 57.9 Å². The van der Waals surface area contributed by atoms with Crippen molar-refractivity contribution in [2.24, 2.45) is 28.6 Å². The molecule has 0 N–H and O–H groups in total. The monoisotopic (exact) mass is 568 g/mol. The van der Waals surface area contributed by atoms with E-state index in [2.05, 4.69) is 60.9 Å². The van der Waals surface area contributed by atoms with E-state index in [4.69, 9.17) is 17.0 Å². The van der Waals surface area contributed by atoms with Crippen LogP contribution < -0.4 is 0 Å². The van der Waals surface area contributed by atoms with Gasteiger partial charge in [-0.05, 0) is 99.6 Å². The zero-order valence-electron chi connectivity index (χ0n) is 24.3. The number of carbonyl (C=O) groups is 1. The summed E-state index contributed by atoms with van der Waals surface area (Å²) in [4.78, 5) is 18.5. The highest BCUT2D eigenvalue weighted by Crippen LogP contribution is 2.66. The number of likely N-dealkylation sites (tertiary alicyclic amines) is 1. The molecule has 0 spiro atoms. The van der Waals surface area contributed by atoms with Gasteiger partial charge in [-0.1, -0.05) is 75.1 Å². The number of fused-ring (bicyclic) bond motifs is 2. The van der Waals surface area contributed by atoms with Gasteiger partial charge in [0.25, 0.3) is 0 Å². The van der Waals surface area contributed by atoms with Gasteiger partial charge in [-0.3, -0.25) is 9.69 Å². The molecule has 0 aromatic heterocycles. The smallest absolute Gasteiger partial charge is 0.306 e. The quantitative estimate of drug-likeness (QED) is 0.253. The van der Waals surface area contributed by atoms with E-state index in [1.807, 2.05) is 11.8 Å². The molecule has 5 aliphatic rings. The fourth-order valence-electron chi connectivity index (χ4n) is 9.36. The van der Waals surface area contributed by atoms with Gasteiger partial charge in [-0.2, -0.15) is 0 Å². The van der Waals surface area contributed by atoms with Gasteiger partial charge in [0.2, 0.25) is 0 Å². The zero-order valence-corrected chi connectivity index (χ0v) is 25.9. The third-order valence-corrected chi connectivity index (χ3v) is 13.5. The van der Waals surface area contributed by atoms with E-state index in [0.717, 1.165) is 41.8 Å². The first-order valence-corrected chi connectivity index (χ1v) is 17.1. The summed E-state index contributed by atoms with van der Waals surface area (Å²) < 4.78 is 7.27. The first-order valence-electron chi connectivity index (χ1n) is 15.7. The maximum atomic E-state index is 13.1. The summed E-state index contributed by atoms with van der Waals surface area (Å²) in [6.07, 6.45) is 11.4. The van der Waals surface area contributed by atoms with Crippen LogP contribution in [0, 0.1) is 28.6 Å². The second-order valence-corrected chi connectivity index (χ2v) is 15.6. The Kier molecular flexibility index (Phi) is 8.11. The van der Waals surface area contributed by atoms with Gasteiger partial charge in [0.15, 0.2) is 0 Å². The minimum atomic E-state index is 0.0220. The lowest BCUT2D eigenvalue weighted by Crippen LogP contribution is -2.65. The lowest BCUT2D eigenvalue weighted by atomic mass is 9.69. The summed E-state index contributed by atoms with van der Waals surface area (Å²) in [5.41, 5.74) is 1.74. The molecule has 1 aromatic rings. The first-order chi connectivity index (χ1) is 18.8. The second kappa shape index (κ2) is 11.3. The van der Waals surface area contributed by atoms with Crippen LogP contribution in [0.4, 0.5) is 0 Å². The Bertz CT molecular complexity index is 1050. The maximum Gasteiger partial charge on any atom is 0.306 e. The normalized spacial score (nSPS) is 36.9. The van der Waals surface area contributed by atoms with Gasteiger partial charge in [-0.15, -0.1) is 0 Å². The van der Waals surface area contributed by atoms with E-state index >= 15 is 0 Å². The van der Waals surface area contributed by atoms with E-state index in [1.54, 1.807) is 0 Å². The van der Waals surface area contributed by atoms with Gasteiger partial charge < -0.3 is 9.64 Å². The van der Waals surface area contributed by atoms with Crippen molar-refractivity contribution in [1.82, 2.24) is 9.80 Å². The molecular formula is C33H48N2O2S2. The van der Waals surface area contributed by atoms with Gasteiger partial charge in [0, 0.05) is 36.2 Å². The van der Waals surface area contributed by atoms with E-state index in [-0.39, 0.29) is 22.9 Å². The highest BCUT2D eigenvalue weighted by Gasteiger charge is 2.62. The molecule has 6 heteroatoms. The summed E-state index contributed by atoms with van der Waals surface area (Å²) in [6, 6.07) is 11.8. The van der Waals surface area contributed by atoms with Gasteiger partial charge in [0.05, 0.1) is 0 Å². The number of benzene rings is 1. The molecule has 3 saturated heterocycles. The zero-order chi connectivity index (χ0) is 27.2. The van der Waals surface area contributed by atoms with E-state index < -0.39 is 0 Å². The number of nitrogens with zero attached hydrogens (tertiary/aromatic N) is 2. The van der Waals surface area contributed by atoms with Crippen molar-refractivity contribution in [3.63, 3.8) is 0 Å². The number of thioether (sulfide) groups is 1. The van der Waals surface area contributed by atoms with Crippen LogP contribution in [0.25, 0.3) is 0 Å². The van der Waals surface area contributed by atoms with Crippen molar-refractivity contribution in [3.05, 3.63) is 35.9 Å². The molecular weight excluding hydrogens is 521 g/mol. The lowest BCUT2D eigenvalue weighted by molar-refractivity contribution is -0.157. The van der Waals surface area contributed by atoms with E-state index in [9.17, 15) is 4.79 Å². The summed E-state index contributed by atoms with van der Waals surface area (Å²) in [7, 11) is 0. The summed E-state index contributed by atoms with van der Waals surface area (Å²) in [5, 5.41) is 0. The van der Waals surface area contributed by atoms with Crippen molar-refractivity contribution >= 4 is 34.3 Å². The molecule has 2 saturated carbocycles. The standard InChI is InChI=1S/C33H48N2O2S2/c1-32(2)25-16-17-33(32,3)28(20-25)37-29(36)15-7-14-27-26-13-9-19-34-18-8-12-24(30(26)34)21-35(27)31(38)39-22-23-10-5-4-6-11-23/h4-6,10-11,24-28,30H,7-9,12-22H2,1-3H3/t24-,25+,26+,27+,28+,30-,33-/m0/s1. The molecule has 214 valence electrons. The minimum absolute atomic E-state index is 0.0220. The molecule has 39 heavy (non-hydrogen) atoms. The molecule has 0 unspecified atom stereocenters. The lowest BCUT2D eigenvalue weighted by Gasteiger charge is -2.58. The molecule has 0 radical (unpaired) electrons. The highest BCUT2D eigenvalue weighted by atomic mass is 32.2. The number of thiocarbonyl (C=S) groups is 1. The number of hydrogen-bond acceptors (Lipinski definition) is 5. The number of carbonyl (C=O) groups excluding carboxylic acids is 1. The third-order valence-electron chi connectivity index (χ3n) is 12.0. The predicted molar refractivity (Wildman–Crippen MR) is 165 cm³/mol. The van der Waals surface area contributed by atoms with Crippen LogP contribution in [0.1, 0.15) is 90.5 Å². The number of rotatable bonds is 7. The molecule has 1 aromatic carbocycles. The van der Waals surface area contributed by atoms with Crippen LogP contribution in [-0.2, 0) is 15.3 Å². The minimum Gasteiger partial charge on any atom is -0.462 e. The Morgan fingerprint density at radius 3 is 2.59 bits per heavy atom. The van der Waals surface area contributed by atoms with Crippen LogP contribution in [0.5, 0.6) is 0 Å². The molecule has 2 aliphatic carbocycles. The highest BCUT2D eigenvalue weighted by molar-refractivity contribution is 8.22. The fourth-order valence-corrected chi connectivity index (χ4v) is 10.6. The molecule has 3 aliphatic heterocycles. The Morgan fingerprint density at radius 2 is 1.87 bits per heavy atom. The largest absolute Gasteiger partial charge is 0.462 e. The van der Waals surface area contributed by atoms with Crippen molar-refractivity contribution < 1.29 is 9.53 Å². The van der Waals surface area contributed by atoms with Crippen LogP contribution >= 0.6 is 24.0 Å². The van der Waals surface area contributed by atoms with Gasteiger partial charge in [0.1, 0.15) is 10.4 Å². The predicted octanol–water partition coefficient (Wildman–Crippen LogP) is 7.31. The third kappa shape index (κ3) is 5.20. The Hall–Kier alpha value is -1.11. The summed E-state index contributed by atoms with van der Waals surface area (Å²) >= 11 is 7.97. The number of esters is 1. The fraction of sp³-hybridized carbons (Fsp3) is 0.758. The molecule has 3 heterocycles. The van der Waals surface area contributed by atoms with Gasteiger partial charge in [-0.25, -0.2) is 0 Å². The molecule has 6 rings (SSSR count). The topological polar surface area (TPSA) is 32.8 Å². The number of hydrogen-bond donors (Lipinski definition) is 0. The Morgan fingerprint density at radius 1 is 1.10 bits per heavy atom. The van der Waals surface area contributed by atoms with Crippen LogP contribution in [0.2, 0.25) is 0 Å². The SMILES string of the molecule is CC1(C)[C@@H]2CC[C@@]1(C)[C@H](OC(=O)CCC[C@@H]1[C@H]3CCCN4CCC[C@@H](CN1C(=S)SCc1ccccc1)[C@@H]34)C2. The van der Waals surface area contributed by atoms with Crippen LogP contribution in [0.15, 0.2) is 30.3 Å². The summed E-state index contributed by atoms with van der Waals surface area (Å²) in [6.45, 7) is 10.8. The van der Waals surface area contributed by atoms with Crippen LogP contribution in [0.3, 0.4) is 0 Å². The van der Waals surface area contributed by atoms with Crippen molar-refractivity contribution in [2.45, 2.75) is 109 Å². The first kappa shape index (κ1) is 28.0. The molecule has 4 nitrogen and oxygen atoms in total. The van der Waals surface area contributed by atoms with Crippen molar-refractivity contribution in [2.75, 3.05) is 19.6 Å². The molecule has 5 fully saturated rings. The average molecular weight is 569 g/mol. The number of piperidine rings is 3. The molecule has 7 atom stereocenters. The van der Waals surface area contributed by atoms with E-state index in [1.165, 1.54) is 57.2 Å². The van der Waals surface area contributed by atoms with E-state index in [0.29, 0.717) is 30.3 Å². The average Bonchev–Trinajstić information content (AvgIpc) is 3.27. The van der Waals surface area contributed by atoms with Crippen molar-refractivity contribution in [1.29, 1.82) is 0 Å². The summed E-state index contributed by atoms with van der Waals surface area (Å²) in [5.74, 6) is 3.03. The Labute approximate surface area is 246 Å². The van der Waals surface area contributed by atoms with Crippen molar-refractivity contribution in [3.8, 4) is 0 Å². The Balaban J connectivity index is 1.10.